The Balaban J connectivity index is 4.59. The van der Waals surface area contributed by atoms with Crippen LogP contribution in [0, 0.1) is 0 Å². The summed E-state index contributed by atoms with van der Waals surface area (Å²) in [4.78, 5) is 38.2. The van der Waals surface area contributed by atoms with Crippen molar-refractivity contribution in [1.82, 2.24) is 0 Å². The maximum absolute atomic E-state index is 12.9. The molecule has 77 heavy (non-hydrogen) atoms. The van der Waals surface area contributed by atoms with E-state index in [0.717, 1.165) is 148 Å². The Bertz CT molecular complexity index is 1880. The van der Waals surface area contributed by atoms with Gasteiger partial charge in [-0.05, 0) is 148 Å². The molecule has 0 aromatic rings. The lowest BCUT2D eigenvalue weighted by Gasteiger charge is -2.18. The molecule has 0 radical (unpaired) electrons. The van der Waals surface area contributed by atoms with Crippen LogP contribution in [0.5, 0.6) is 0 Å². The number of esters is 3. The van der Waals surface area contributed by atoms with E-state index >= 15 is 0 Å². The molecule has 0 bridgehead atoms. The first-order valence-electron chi connectivity index (χ1n) is 29.9. The highest BCUT2D eigenvalue weighted by Crippen LogP contribution is 2.12. The lowest BCUT2D eigenvalue weighted by molar-refractivity contribution is -0.166. The van der Waals surface area contributed by atoms with Gasteiger partial charge >= 0.3 is 17.9 Å². The van der Waals surface area contributed by atoms with E-state index in [1.807, 2.05) is 12.2 Å². The number of rotatable bonds is 51. The minimum Gasteiger partial charge on any atom is -0.462 e. The predicted octanol–water partition coefficient (Wildman–Crippen LogP) is 20.6. The fourth-order valence-corrected chi connectivity index (χ4v) is 7.23. The number of ether oxygens (including phenoxy) is 3. The zero-order chi connectivity index (χ0) is 55.7. The Morgan fingerprint density at radius 3 is 0.805 bits per heavy atom. The van der Waals surface area contributed by atoms with Crippen molar-refractivity contribution in [1.29, 1.82) is 0 Å². The third-order valence-electron chi connectivity index (χ3n) is 11.6. The van der Waals surface area contributed by atoms with Crippen LogP contribution in [0.3, 0.4) is 0 Å². The van der Waals surface area contributed by atoms with Gasteiger partial charge in [-0.1, -0.05) is 241 Å². The molecule has 1 unspecified atom stereocenters. The highest BCUT2D eigenvalue weighted by molar-refractivity contribution is 5.71. The summed E-state index contributed by atoms with van der Waals surface area (Å²) in [5.41, 5.74) is 0. The summed E-state index contributed by atoms with van der Waals surface area (Å²) < 4.78 is 16.8. The van der Waals surface area contributed by atoms with Crippen LogP contribution in [0.15, 0.2) is 194 Å². The van der Waals surface area contributed by atoms with E-state index in [9.17, 15) is 14.4 Å². The maximum Gasteiger partial charge on any atom is 0.306 e. The van der Waals surface area contributed by atoms with Gasteiger partial charge in [0.1, 0.15) is 13.2 Å². The number of unbranched alkanes of at least 4 members (excludes halogenated alkanes) is 8. The molecule has 0 aliphatic rings. The maximum atomic E-state index is 12.9. The van der Waals surface area contributed by atoms with Crippen molar-refractivity contribution in [3.63, 3.8) is 0 Å². The third-order valence-corrected chi connectivity index (χ3v) is 11.6. The van der Waals surface area contributed by atoms with Crippen molar-refractivity contribution in [3.05, 3.63) is 194 Å². The van der Waals surface area contributed by atoms with Crippen LogP contribution in [-0.4, -0.2) is 37.2 Å². The first-order valence-corrected chi connectivity index (χ1v) is 29.9. The Morgan fingerprint density at radius 2 is 0.494 bits per heavy atom. The minimum atomic E-state index is -0.855. The van der Waals surface area contributed by atoms with Crippen LogP contribution in [0.1, 0.15) is 213 Å². The van der Waals surface area contributed by atoms with Gasteiger partial charge in [-0.3, -0.25) is 14.4 Å². The van der Waals surface area contributed by atoms with Crippen LogP contribution in [0.2, 0.25) is 0 Å². The van der Waals surface area contributed by atoms with Gasteiger partial charge in [0.05, 0.1) is 0 Å². The topological polar surface area (TPSA) is 78.9 Å². The molecule has 1 atom stereocenters. The first kappa shape index (κ1) is 71.2. The largest absolute Gasteiger partial charge is 0.462 e. The second-order valence-corrected chi connectivity index (χ2v) is 18.8. The van der Waals surface area contributed by atoms with Gasteiger partial charge in [0.2, 0.25) is 0 Å². The molecule has 0 spiro atoms. The van der Waals surface area contributed by atoms with E-state index < -0.39 is 12.1 Å². The Hall–Kier alpha value is -5.75. The summed E-state index contributed by atoms with van der Waals surface area (Å²) in [7, 11) is 0. The molecule has 0 heterocycles. The summed E-state index contributed by atoms with van der Waals surface area (Å²) >= 11 is 0. The van der Waals surface area contributed by atoms with Gasteiger partial charge in [-0.2, -0.15) is 0 Å². The molecule has 0 saturated carbocycles. The molecule has 0 aliphatic carbocycles. The quantitative estimate of drug-likeness (QED) is 0.0261. The summed E-state index contributed by atoms with van der Waals surface area (Å²) in [6, 6.07) is 0. The zero-order valence-corrected chi connectivity index (χ0v) is 48.6. The van der Waals surface area contributed by atoms with E-state index in [0.29, 0.717) is 19.3 Å². The van der Waals surface area contributed by atoms with Crippen molar-refractivity contribution in [2.75, 3.05) is 13.2 Å². The van der Waals surface area contributed by atoms with Crippen molar-refractivity contribution >= 4 is 17.9 Å². The first-order chi connectivity index (χ1) is 38.0. The zero-order valence-electron chi connectivity index (χ0n) is 48.6. The van der Waals surface area contributed by atoms with Gasteiger partial charge < -0.3 is 14.2 Å². The standard InChI is InChI=1S/C71H106O6/c1-4-7-10-13-16-19-22-25-28-30-32-33-34-35-36-37-39-40-43-46-49-52-55-58-61-64-70(73)76-67-68(66-75-69(72)63-60-57-54-51-48-45-42-27-24-21-18-15-12-9-6-3)77-71(74)65-62-59-56-53-50-47-44-41-38-31-29-26-23-20-17-14-11-8-5-2/h7-12,16-21,25-29,32-33,35-36,38-42,47-48,50-51,56,59,68H,4-6,13-15,22-24,30-31,34,37,43-46,49,52-55,57-58,60-67H2,1-3H3/b10-7-,11-8-,12-9-,19-16-,20-17-,21-18-,28-25-,29-26-,33-32-,36-35-,40-39-,41-38-,42-27-,50-47-,51-48-,59-56-. The van der Waals surface area contributed by atoms with Crippen molar-refractivity contribution in [2.24, 2.45) is 0 Å². The van der Waals surface area contributed by atoms with Gasteiger partial charge in [-0.15, -0.1) is 0 Å². The van der Waals surface area contributed by atoms with E-state index in [2.05, 4.69) is 203 Å². The van der Waals surface area contributed by atoms with Crippen molar-refractivity contribution < 1.29 is 28.6 Å². The van der Waals surface area contributed by atoms with E-state index in [4.69, 9.17) is 14.2 Å². The number of hydrogen-bond acceptors (Lipinski definition) is 6. The van der Waals surface area contributed by atoms with E-state index in [-0.39, 0.29) is 38.0 Å². The second-order valence-electron chi connectivity index (χ2n) is 18.8. The van der Waals surface area contributed by atoms with E-state index in [1.54, 1.807) is 0 Å². The normalized spacial score (nSPS) is 13.5. The van der Waals surface area contributed by atoms with E-state index in [1.165, 1.54) is 12.8 Å². The highest BCUT2D eigenvalue weighted by atomic mass is 16.6. The molecule has 0 amide bonds. The number of hydrogen-bond donors (Lipinski definition) is 0. The fourth-order valence-electron chi connectivity index (χ4n) is 7.23. The van der Waals surface area contributed by atoms with Gasteiger partial charge in [0.25, 0.3) is 0 Å². The molecule has 0 fully saturated rings. The molecule has 0 rings (SSSR count). The van der Waals surface area contributed by atoms with Crippen molar-refractivity contribution in [2.45, 2.75) is 219 Å². The van der Waals surface area contributed by atoms with Gasteiger partial charge in [-0.25, -0.2) is 0 Å². The average molecular weight is 1060 g/mol. The smallest absolute Gasteiger partial charge is 0.306 e. The molecule has 0 aromatic heterocycles. The van der Waals surface area contributed by atoms with Gasteiger partial charge in [0.15, 0.2) is 6.10 Å². The Labute approximate surface area is 471 Å². The van der Waals surface area contributed by atoms with Crippen LogP contribution < -0.4 is 0 Å². The highest BCUT2D eigenvalue weighted by Gasteiger charge is 2.19. The lowest BCUT2D eigenvalue weighted by Crippen LogP contribution is -2.30. The van der Waals surface area contributed by atoms with Gasteiger partial charge in [0, 0.05) is 19.3 Å². The van der Waals surface area contributed by atoms with Crippen LogP contribution in [-0.2, 0) is 28.6 Å². The molecule has 426 valence electrons. The summed E-state index contributed by atoms with van der Waals surface area (Å²) in [5, 5.41) is 0. The van der Waals surface area contributed by atoms with Crippen molar-refractivity contribution in [3.8, 4) is 0 Å². The van der Waals surface area contributed by atoms with Crippen LogP contribution >= 0.6 is 0 Å². The number of carbonyl (C=O) groups excluding carboxylic acids is 3. The molecule has 6 heteroatoms. The summed E-state index contributed by atoms with van der Waals surface area (Å²) in [6.45, 7) is 6.16. The molecule has 0 aliphatic heterocycles. The molecule has 0 saturated heterocycles. The number of carbonyl (C=O) groups is 3. The Kier molecular flexibility index (Phi) is 58.1. The molecule has 6 nitrogen and oxygen atoms in total. The fraction of sp³-hybridized carbons (Fsp3) is 0.507. The average Bonchev–Trinajstić information content (AvgIpc) is 3.43. The SMILES string of the molecule is CC/C=C\C/C=C\C/C=C\C/C=C\C/C=C\C/C=C\CCCCCCCCC(=O)OCC(COC(=O)CCCC/C=C\C/C=C\C/C=C\C/C=C\CC)OC(=O)CC/C=C\C/C=C\C/C=C\C/C=C\C/C=C\C/C=C\CC. The Morgan fingerprint density at radius 1 is 0.260 bits per heavy atom. The lowest BCUT2D eigenvalue weighted by atomic mass is 10.1. The summed E-state index contributed by atoms with van der Waals surface area (Å²) in [5.74, 6) is -1.10. The van der Waals surface area contributed by atoms with Crippen LogP contribution in [0.4, 0.5) is 0 Å². The molecule has 0 N–H and O–H groups in total. The number of allylic oxidation sites excluding steroid dienone is 32. The monoisotopic (exact) mass is 1050 g/mol. The predicted molar refractivity (Wildman–Crippen MR) is 334 cm³/mol. The molecule has 0 aromatic carbocycles. The minimum absolute atomic E-state index is 0.141. The molecular formula is C71H106O6. The van der Waals surface area contributed by atoms with Crippen LogP contribution in [0.25, 0.3) is 0 Å². The summed E-state index contributed by atoms with van der Waals surface area (Å²) in [6.07, 6.45) is 95.8. The molecular weight excluding hydrogens is 949 g/mol. The second kappa shape index (κ2) is 62.8. The third kappa shape index (κ3) is 61.0.